The van der Waals surface area contributed by atoms with E-state index in [1.807, 2.05) is 19.1 Å². The second-order valence-corrected chi connectivity index (χ2v) is 4.32. The molecule has 0 aliphatic carbocycles. The first-order chi connectivity index (χ1) is 8.85. The summed E-state index contributed by atoms with van der Waals surface area (Å²) in [6.45, 7) is 5.04. The minimum Gasteiger partial charge on any atom is -0.493 e. The Kier molecular flexibility index (Phi) is 4.84. The van der Waals surface area contributed by atoms with Crippen LogP contribution in [-0.2, 0) is 11.3 Å². The molecular weight excluding hydrogens is 230 g/mol. The maximum atomic E-state index is 5.56. The molecule has 100 valence electrons. The number of ether oxygens (including phenoxy) is 3. The van der Waals surface area contributed by atoms with Crippen LogP contribution in [0.4, 0.5) is 0 Å². The number of rotatable bonds is 6. The topological polar surface area (TPSA) is 39.7 Å². The molecule has 1 N–H and O–H groups in total. The van der Waals surface area contributed by atoms with Crippen molar-refractivity contribution in [2.24, 2.45) is 0 Å². The Morgan fingerprint density at radius 1 is 1.44 bits per heavy atom. The van der Waals surface area contributed by atoms with E-state index in [0.717, 1.165) is 43.2 Å². The lowest BCUT2D eigenvalue weighted by molar-refractivity contribution is 0.189. The van der Waals surface area contributed by atoms with Crippen LogP contribution in [0.3, 0.4) is 0 Å². The van der Waals surface area contributed by atoms with E-state index in [1.165, 1.54) is 0 Å². The van der Waals surface area contributed by atoms with Crippen LogP contribution in [0.15, 0.2) is 18.2 Å². The van der Waals surface area contributed by atoms with Crippen LogP contribution < -0.4 is 14.8 Å². The van der Waals surface area contributed by atoms with Crippen molar-refractivity contribution in [3.05, 3.63) is 23.8 Å². The largest absolute Gasteiger partial charge is 0.493 e. The third-order valence-corrected chi connectivity index (χ3v) is 3.08. The van der Waals surface area contributed by atoms with Crippen LogP contribution in [-0.4, -0.2) is 33.0 Å². The second-order valence-electron chi connectivity index (χ2n) is 4.32. The number of hydrogen-bond donors (Lipinski definition) is 1. The molecule has 0 amide bonds. The molecule has 0 bridgehead atoms. The SMILES string of the molecule is CCOc1cccc(CNC2CCOC2)c1OC. The van der Waals surface area contributed by atoms with Gasteiger partial charge in [0, 0.05) is 24.8 Å². The molecule has 2 rings (SSSR count). The predicted octanol–water partition coefficient (Wildman–Crippen LogP) is 1.97. The zero-order chi connectivity index (χ0) is 12.8. The van der Waals surface area contributed by atoms with E-state index in [0.29, 0.717) is 12.6 Å². The summed E-state index contributed by atoms with van der Waals surface area (Å²) in [4.78, 5) is 0. The van der Waals surface area contributed by atoms with E-state index in [2.05, 4.69) is 11.4 Å². The highest BCUT2D eigenvalue weighted by Crippen LogP contribution is 2.31. The first kappa shape index (κ1) is 13.2. The molecule has 0 radical (unpaired) electrons. The second kappa shape index (κ2) is 6.61. The van der Waals surface area contributed by atoms with Crippen molar-refractivity contribution in [2.75, 3.05) is 26.9 Å². The molecule has 0 spiro atoms. The fraction of sp³-hybridized carbons (Fsp3) is 0.571. The molecule has 1 aromatic carbocycles. The van der Waals surface area contributed by atoms with Gasteiger partial charge in [-0.15, -0.1) is 0 Å². The summed E-state index contributed by atoms with van der Waals surface area (Å²) in [6.07, 6.45) is 1.08. The predicted molar refractivity (Wildman–Crippen MR) is 70.2 cm³/mol. The maximum absolute atomic E-state index is 5.56. The highest BCUT2D eigenvalue weighted by molar-refractivity contribution is 5.46. The Balaban J connectivity index is 2.03. The van der Waals surface area contributed by atoms with Gasteiger partial charge < -0.3 is 19.5 Å². The van der Waals surface area contributed by atoms with Gasteiger partial charge in [0.2, 0.25) is 0 Å². The van der Waals surface area contributed by atoms with Gasteiger partial charge in [-0.25, -0.2) is 0 Å². The quantitative estimate of drug-likeness (QED) is 0.839. The van der Waals surface area contributed by atoms with Gasteiger partial charge in [-0.1, -0.05) is 12.1 Å². The van der Waals surface area contributed by atoms with E-state index in [4.69, 9.17) is 14.2 Å². The fourth-order valence-corrected chi connectivity index (χ4v) is 2.15. The average molecular weight is 251 g/mol. The van der Waals surface area contributed by atoms with Gasteiger partial charge in [-0.05, 0) is 19.4 Å². The molecule has 1 saturated heterocycles. The smallest absolute Gasteiger partial charge is 0.165 e. The third-order valence-electron chi connectivity index (χ3n) is 3.08. The number of benzene rings is 1. The number of para-hydroxylation sites is 1. The van der Waals surface area contributed by atoms with E-state index in [9.17, 15) is 0 Å². The molecule has 1 heterocycles. The van der Waals surface area contributed by atoms with Crippen LogP contribution in [0, 0.1) is 0 Å². The maximum Gasteiger partial charge on any atom is 0.165 e. The standard InChI is InChI=1S/C14H21NO3/c1-3-18-13-6-4-5-11(14(13)16-2)9-15-12-7-8-17-10-12/h4-6,12,15H,3,7-10H2,1-2H3. The van der Waals surface area contributed by atoms with Crippen LogP contribution in [0.1, 0.15) is 18.9 Å². The number of methoxy groups -OCH3 is 1. The van der Waals surface area contributed by atoms with Crippen molar-refractivity contribution in [3.8, 4) is 11.5 Å². The van der Waals surface area contributed by atoms with Gasteiger partial charge in [0.05, 0.1) is 20.3 Å². The van der Waals surface area contributed by atoms with Gasteiger partial charge in [-0.3, -0.25) is 0 Å². The molecule has 18 heavy (non-hydrogen) atoms. The zero-order valence-corrected chi connectivity index (χ0v) is 11.1. The molecule has 4 heteroatoms. The Morgan fingerprint density at radius 2 is 2.33 bits per heavy atom. The van der Waals surface area contributed by atoms with Crippen LogP contribution in [0.5, 0.6) is 11.5 Å². The molecule has 1 unspecified atom stereocenters. The molecule has 0 saturated carbocycles. The van der Waals surface area contributed by atoms with Gasteiger partial charge in [-0.2, -0.15) is 0 Å². The molecule has 1 aromatic rings. The summed E-state index contributed by atoms with van der Waals surface area (Å²) < 4.78 is 16.4. The molecule has 1 atom stereocenters. The lowest BCUT2D eigenvalue weighted by atomic mass is 10.1. The van der Waals surface area contributed by atoms with Gasteiger partial charge >= 0.3 is 0 Å². The molecule has 0 aromatic heterocycles. The molecular formula is C14H21NO3. The fourth-order valence-electron chi connectivity index (χ4n) is 2.15. The van der Waals surface area contributed by atoms with E-state index < -0.39 is 0 Å². The molecule has 1 aliphatic rings. The van der Waals surface area contributed by atoms with E-state index >= 15 is 0 Å². The first-order valence-corrected chi connectivity index (χ1v) is 6.45. The van der Waals surface area contributed by atoms with Gasteiger partial charge in [0.25, 0.3) is 0 Å². The lowest BCUT2D eigenvalue weighted by Crippen LogP contribution is -2.28. The monoisotopic (exact) mass is 251 g/mol. The minimum atomic E-state index is 0.449. The number of nitrogens with one attached hydrogen (secondary N) is 1. The third kappa shape index (κ3) is 3.15. The first-order valence-electron chi connectivity index (χ1n) is 6.45. The molecule has 1 fully saturated rings. The summed E-state index contributed by atoms with van der Waals surface area (Å²) in [7, 11) is 1.68. The van der Waals surface area contributed by atoms with Crippen molar-refractivity contribution < 1.29 is 14.2 Å². The van der Waals surface area contributed by atoms with Crippen LogP contribution in [0.25, 0.3) is 0 Å². The minimum absolute atomic E-state index is 0.449. The van der Waals surface area contributed by atoms with Gasteiger partial charge in [0.1, 0.15) is 0 Å². The van der Waals surface area contributed by atoms with Crippen molar-refractivity contribution >= 4 is 0 Å². The Morgan fingerprint density at radius 3 is 3.00 bits per heavy atom. The van der Waals surface area contributed by atoms with Crippen molar-refractivity contribution in [1.82, 2.24) is 5.32 Å². The summed E-state index contributed by atoms with van der Waals surface area (Å²) in [5.41, 5.74) is 1.12. The van der Waals surface area contributed by atoms with Crippen LogP contribution >= 0.6 is 0 Å². The summed E-state index contributed by atoms with van der Waals surface area (Å²) >= 11 is 0. The normalized spacial score (nSPS) is 18.9. The Hall–Kier alpha value is -1.26. The highest BCUT2D eigenvalue weighted by atomic mass is 16.5. The summed E-state index contributed by atoms with van der Waals surface area (Å²) in [6, 6.07) is 6.44. The van der Waals surface area contributed by atoms with Crippen molar-refractivity contribution in [3.63, 3.8) is 0 Å². The summed E-state index contributed by atoms with van der Waals surface area (Å²) in [5, 5.41) is 3.48. The highest BCUT2D eigenvalue weighted by Gasteiger charge is 2.16. The van der Waals surface area contributed by atoms with E-state index in [1.54, 1.807) is 7.11 Å². The zero-order valence-electron chi connectivity index (χ0n) is 11.1. The van der Waals surface area contributed by atoms with Crippen molar-refractivity contribution in [1.29, 1.82) is 0 Å². The average Bonchev–Trinajstić information content (AvgIpc) is 2.90. The molecule has 4 nitrogen and oxygen atoms in total. The van der Waals surface area contributed by atoms with E-state index in [-0.39, 0.29) is 0 Å². The van der Waals surface area contributed by atoms with Crippen LogP contribution in [0.2, 0.25) is 0 Å². The number of hydrogen-bond acceptors (Lipinski definition) is 4. The lowest BCUT2D eigenvalue weighted by Gasteiger charge is -2.16. The van der Waals surface area contributed by atoms with Crippen molar-refractivity contribution in [2.45, 2.75) is 25.9 Å². The Labute approximate surface area is 108 Å². The molecule has 1 aliphatic heterocycles. The summed E-state index contributed by atoms with van der Waals surface area (Å²) in [5.74, 6) is 1.63. The Bertz CT molecular complexity index is 375. The van der Waals surface area contributed by atoms with Gasteiger partial charge in [0.15, 0.2) is 11.5 Å².